The molecule has 0 bridgehead atoms. The molecule has 0 saturated heterocycles. The zero-order chi connectivity index (χ0) is 15.4. The minimum Gasteiger partial charge on any atom is -0.394 e. The summed E-state index contributed by atoms with van der Waals surface area (Å²) in [6.45, 7) is 8.00. The molecule has 0 fully saturated rings. The number of aliphatic hydroxyl groups is 1. The smallest absolute Gasteiger partial charge is 0.0644 e. The van der Waals surface area contributed by atoms with Crippen molar-refractivity contribution in [2.75, 3.05) is 13.7 Å². The van der Waals surface area contributed by atoms with E-state index in [9.17, 15) is 0 Å². The number of likely N-dealkylation sites (N-methyl/N-ethyl adjacent to an activating group) is 1. The van der Waals surface area contributed by atoms with Gasteiger partial charge < -0.3 is 5.11 Å². The summed E-state index contributed by atoms with van der Waals surface area (Å²) >= 11 is 1.76. The second kappa shape index (κ2) is 7.20. The quantitative estimate of drug-likeness (QED) is 0.855. The number of nitrogens with zero attached hydrogens (tertiary/aromatic N) is 3. The molecule has 4 nitrogen and oxygen atoms in total. The number of thiophene rings is 1. The fraction of sp³-hybridized carbons (Fsp3) is 0.562. The molecule has 2 heterocycles. The molecule has 1 unspecified atom stereocenters. The van der Waals surface area contributed by atoms with Crippen molar-refractivity contribution in [1.82, 2.24) is 14.7 Å². The number of hydrogen-bond acceptors (Lipinski definition) is 4. The zero-order valence-electron chi connectivity index (χ0n) is 13.3. The van der Waals surface area contributed by atoms with Crippen molar-refractivity contribution in [3.05, 3.63) is 39.3 Å². The first-order valence-corrected chi connectivity index (χ1v) is 8.32. The molecule has 1 atom stereocenters. The molecule has 116 valence electrons. The summed E-state index contributed by atoms with van der Waals surface area (Å²) in [4.78, 5) is 2.37. The Balaban J connectivity index is 2.03. The van der Waals surface area contributed by atoms with E-state index in [2.05, 4.69) is 47.7 Å². The van der Waals surface area contributed by atoms with E-state index in [1.807, 2.05) is 11.6 Å². The molecule has 0 aliphatic rings. The first-order chi connectivity index (χ1) is 10.0. The van der Waals surface area contributed by atoms with Crippen molar-refractivity contribution in [1.29, 1.82) is 0 Å². The van der Waals surface area contributed by atoms with E-state index in [1.165, 1.54) is 11.1 Å². The SMILES string of the molecule is Cc1nn(CCO)c(C)c1CN(C)C(C)Cc1ccsc1. The highest BCUT2D eigenvalue weighted by molar-refractivity contribution is 7.07. The molecule has 0 aliphatic heterocycles. The molecule has 1 N–H and O–H groups in total. The van der Waals surface area contributed by atoms with Gasteiger partial charge in [0.25, 0.3) is 0 Å². The molecule has 2 rings (SSSR count). The standard InChI is InChI=1S/C16H25N3OS/c1-12(9-15-5-8-21-11-15)18(4)10-16-13(2)17-19(6-7-20)14(16)3/h5,8,11-12,20H,6-7,9-10H2,1-4H3. The lowest BCUT2D eigenvalue weighted by Gasteiger charge is -2.24. The first-order valence-electron chi connectivity index (χ1n) is 7.38. The van der Waals surface area contributed by atoms with Crippen LogP contribution in [-0.2, 0) is 19.5 Å². The van der Waals surface area contributed by atoms with Gasteiger partial charge in [0.05, 0.1) is 18.8 Å². The van der Waals surface area contributed by atoms with Gasteiger partial charge in [-0.1, -0.05) is 0 Å². The average molecular weight is 307 g/mol. The van der Waals surface area contributed by atoms with Crippen molar-refractivity contribution in [3.63, 3.8) is 0 Å². The molecule has 5 heteroatoms. The summed E-state index contributed by atoms with van der Waals surface area (Å²) in [6.07, 6.45) is 1.07. The van der Waals surface area contributed by atoms with Gasteiger partial charge in [-0.25, -0.2) is 0 Å². The summed E-state index contributed by atoms with van der Waals surface area (Å²) in [5.41, 5.74) is 4.92. The molecule has 0 aromatic carbocycles. The van der Waals surface area contributed by atoms with E-state index in [0.29, 0.717) is 12.6 Å². The maximum atomic E-state index is 9.09. The summed E-state index contributed by atoms with van der Waals surface area (Å²) in [5.74, 6) is 0. The molecule has 21 heavy (non-hydrogen) atoms. The maximum Gasteiger partial charge on any atom is 0.0644 e. The number of aromatic nitrogens is 2. The van der Waals surface area contributed by atoms with Gasteiger partial charge >= 0.3 is 0 Å². The van der Waals surface area contributed by atoms with Crippen LogP contribution in [0.15, 0.2) is 16.8 Å². The molecule has 0 aliphatic carbocycles. The molecular formula is C16H25N3OS. The van der Waals surface area contributed by atoms with Crippen LogP contribution in [0.4, 0.5) is 0 Å². The Bertz CT molecular complexity index is 562. The van der Waals surface area contributed by atoms with Crippen molar-refractivity contribution >= 4 is 11.3 Å². The van der Waals surface area contributed by atoms with Gasteiger partial charge in [-0.15, -0.1) is 0 Å². The van der Waals surface area contributed by atoms with E-state index in [0.717, 1.165) is 24.4 Å². The van der Waals surface area contributed by atoms with Crippen LogP contribution in [0.25, 0.3) is 0 Å². The third-order valence-electron chi connectivity index (χ3n) is 4.11. The fourth-order valence-electron chi connectivity index (χ4n) is 2.59. The molecular weight excluding hydrogens is 282 g/mol. The van der Waals surface area contributed by atoms with Crippen molar-refractivity contribution in [3.8, 4) is 0 Å². The molecule has 2 aromatic rings. The van der Waals surface area contributed by atoms with Gasteiger partial charge in [0.2, 0.25) is 0 Å². The fourth-order valence-corrected chi connectivity index (χ4v) is 3.27. The van der Waals surface area contributed by atoms with Gasteiger partial charge in [-0.2, -0.15) is 16.4 Å². The van der Waals surface area contributed by atoms with E-state index in [1.54, 1.807) is 11.3 Å². The largest absolute Gasteiger partial charge is 0.394 e. The minimum absolute atomic E-state index is 0.131. The van der Waals surface area contributed by atoms with Crippen LogP contribution in [0.3, 0.4) is 0 Å². The predicted octanol–water partition coefficient (Wildman–Crippen LogP) is 2.62. The van der Waals surface area contributed by atoms with Crippen LogP contribution in [0.2, 0.25) is 0 Å². The Hall–Kier alpha value is -1.17. The Labute approximate surface area is 131 Å². The normalized spacial score (nSPS) is 13.0. The van der Waals surface area contributed by atoms with Crippen LogP contribution < -0.4 is 0 Å². The van der Waals surface area contributed by atoms with Crippen LogP contribution in [0.5, 0.6) is 0 Å². The number of hydrogen-bond donors (Lipinski definition) is 1. The van der Waals surface area contributed by atoms with E-state index >= 15 is 0 Å². The van der Waals surface area contributed by atoms with Crippen LogP contribution in [0, 0.1) is 13.8 Å². The highest BCUT2D eigenvalue weighted by atomic mass is 32.1. The van der Waals surface area contributed by atoms with E-state index in [-0.39, 0.29) is 6.61 Å². The van der Waals surface area contributed by atoms with Crippen molar-refractivity contribution in [2.45, 2.75) is 46.3 Å². The summed E-state index contributed by atoms with van der Waals surface area (Å²) in [7, 11) is 2.17. The Kier molecular flexibility index (Phi) is 5.56. The Morgan fingerprint density at radius 2 is 2.19 bits per heavy atom. The lowest BCUT2D eigenvalue weighted by Crippen LogP contribution is -2.30. The molecule has 0 amide bonds. The highest BCUT2D eigenvalue weighted by Crippen LogP contribution is 2.18. The van der Waals surface area contributed by atoms with Crippen molar-refractivity contribution < 1.29 is 5.11 Å². The topological polar surface area (TPSA) is 41.3 Å². The summed E-state index contributed by atoms with van der Waals surface area (Å²) in [6, 6.07) is 2.68. The summed E-state index contributed by atoms with van der Waals surface area (Å²) in [5, 5.41) is 18.0. The number of aryl methyl sites for hydroxylation is 1. The van der Waals surface area contributed by atoms with E-state index < -0.39 is 0 Å². The van der Waals surface area contributed by atoms with Gasteiger partial charge in [-0.05, 0) is 56.6 Å². The van der Waals surface area contributed by atoms with Crippen LogP contribution >= 0.6 is 11.3 Å². The molecule has 0 radical (unpaired) electrons. The lowest BCUT2D eigenvalue weighted by atomic mass is 10.1. The van der Waals surface area contributed by atoms with Gasteiger partial charge in [0.15, 0.2) is 0 Å². The van der Waals surface area contributed by atoms with Gasteiger partial charge in [0.1, 0.15) is 0 Å². The Morgan fingerprint density at radius 3 is 2.81 bits per heavy atom. The molecule has 2 aromatic heterocycles. The average Bonchev–Trinajstić information content (AvgIpc) is 3.03. The summed E-state index contributed by atoms with van der Waals surface area (Å²) < 4.78 is 1.90. The first kappa shape index (κ1) is 16.2. The lowest BCUT2D eigenvalue weighted by molar-refractivity contribution is 0.246. The zero-order valence-corrected chi connectivity index (χ0v) is 14.2. The second-order valence-electron chi connectivity index (χ2n) is 5.70. The van der Waals surface area contributed by atoms with Crippen LogP contribution in [-0.4, -0.2) is 39.5 Å². The minimum atomic E-state index is 0.131. The maximum absolute atomic E-state index is 9.09. The molecule has 0 spiro atoms. The number of aliphatic hydroxyl groups excluding tert-OH is 1. The Morgan fingerprint density at radius 1 is 1.43 bits per heavy atom. The van der Waals surface area contributed by atoms with Crippen LogP contribution in [0.1, 0.15) is 29.4 Å². The predicted molar refractivity (Wildman–Crippen MR) is 87.7 cm³/mol. The third kappa shape index (κ3) is 3.93. The van der Waals surface area contributed by atoms with Gasteiger partial charge in [0, 0.05) is 23.8 Å². The molecule has 0 saturated carbocycles. The van der Waals surface area contributed by atoms with Crippen molar-refractivity contribution in [2.24, 2.45) is 0 Å². The highest BCUT2D eigenvalue weighted by Gasteiger charge is 2.16. The third-order valence-corrected chi connectivity index (χ3v) is 4.85. The monoisotopic (exact) mass is 307 g/mol. The number of rotatable bonds is 7. The van der Waals surface area contributed by atoms with Gasteiger partial charge in [-0.3, -0.25) is 9.58 Å². The second-order valence-corrected chi connectivity index (χ2v) is 6.48. The van der Waals surface area contributed by atoms with E-state index in [4.69, 9.17) is 5.11 Å².